The van der Waals surface area contributed by atoms with Crippen LogP contribution in [-0.4, -0.2) is 65.1 Å². The van der Waals surface area contributed by atoms with Crippen molar-refractivity contribution in [3.05, 3.63) is 42.4 Å². The van der Waals surface area contributed by atoms with Gasteiger partial charge in [0.25, 0.3) is 0 Å². The third-order valence-electron chi connectivity index (χ3n) is 5.10. The zero-order valence-electron chi connectivity index (χ0n) is 15.9. The summed E-state index contributed by atoms with van der Waals surface area (Å²) >= 11 is 0. The molecule has 2 saturated heterocycles. The number of aliphatic imine (C=N–C) groups is 1. The molecule has 0 aliphatic carbocycles. The molecular weight excluding hydrogens is 467 g/mol. The van der Waals surface area contributed by atoms with Crippen molar-refractivity contribution < 1.29 is 0 Å². The number of anilines is 2. The van der Waals surface area contributed by atoms with E-state index in [2.05, 4.69) is 40.7 Å². The summed E-state index contributed by atoms with van der Waals surface area (Å²) < 4.78 is 0. The van der Waals surface area contributed by atoms with E-state index in [0.717, 1.165) is 56.6 Å². The fourth-order valence-electron chi connectivity index (χ4n) is 3.54. The van der Waals surface area contributed by atoms with Crippen LogP contribution < -0.4 is 15.5 Å². The van der Waals surface area contributed by atoms with Gasteiger partial charge in [0.15, 0.2) is 5.96 Å². The maximum absolute atomic E-state index is 6.24. The van der Waals surface area contributed by atoms with E-state index in [0.29, 0.717) is 12.5 Å². The molecule has 28 heavy (non-hydrogen) atoms. The van der Waals surface area contributed by atoms with Crippen molar-refractivity contribution in [3.8, 4) is 0 Å². The van der Waals surface area contributed by atoms with E-state index in [4.69, 9.17) is 5.73 Å². The lowest BCUT2D eigenvalue weighted by molar-refractivity contribution is 0.378. The monoisotopic (exact) mass is 494 g/mol. The van der Waals surface area contributed by atoms with Gasteiger partial charge in [-0.3, -0.25) is 0 Å². The number of rotatable bonds is 4. The van der Waals surface area contributed by atoms with Gasteiger partial charge in [-0.2, -0.15) is 0 Å². The molecule has 4 heterocycles. The largest absolute Gasteiger partial charge is 0.370 e. The van der Waals surface area contributed by atoms with Crippen molar-refractivity contribution in [2.75, 3.05) is 49.1 Å². The van der Waals surface area contributed by atoms with E-state index in [1.807, 2.05) is 18.3 Å². The molecular formula is C19H27IN8. The summed E-state index contributed by atoms with van der Waals surface area (Å²) in [7, 11) is 0. The molecule has 2 aromatic rings. The lowest BCUT2D eigenvalue weighted by Crippen LogP contribution is -2.51. The Morgan fingerprint density at radius 1 is 0.929 bits per heavy atom. The van der Waals surface area contributed by atoms with Crippen molar-refractivity contribution >= 4 is 41.7 Å². The minimum absolute atomic E-state index is 0. The normalized spacial score (nSPS) is 17.6. The predicted molar refractivity (Wildman–Crippen MR) is 122 cm³/mol. The summed E-state index contributed by atoms with van der Waals surface area (Å²) in [5, 5.41) is 0. The van der Waals surface area contributed by atoms with Gasteiger partial charge in [0.2, 0.25) is 5.95 Å². The molecule has 0 spiro atoms. The molecule has 0 amide bonds. The average Bonchev–Trinajstić information content (AvgIpc) is 3.28. The molecule has 0 aromatic carbocycles. The zero-order valence-corrected chi connectivity index (χ0v) is 18.3. The molecule has 2 aliphatic heterocycles. The lowest BCUT2D eigenvalue weighted by atomic mass is 10.2. The Labute approximate surface area is 182 Å². The molecule has 8 nitrogen and oxygen atoms in total. The number of nitrogens with two attached hydrogens (primary N) is 1. The number of hydrogen-bond donors (Lipinski definition) is 1. The molecule has 150 valence electrons. The molecule has 9 heteroatoms. The van der Waals surface area contributed by atoms with E-state index in [1.54, 1.807) is 12.4 Å². The van der Waals surface area contributed by atoms with Crippen LogP contribution in [0.25, 0.3) is 0 Å². The minimum atomic E-state index is 0. The fraction of sp³-hybridized carbons (Fsp3) is 0.474. The summed E-state index contributed by atoms with van der Waals surface area (Å²) in [5.41, 5.74) is 7.39. The van der Waals surface area contributed by atoms with E-state index < -0.39 is 0 Å². The van der Waals surface area contributed by atoms with Crippen molar-refractivity contribution in [2.24, 2.45) is 10.7 Å². The molecule has 0 radical (unpaired) electrons. The molecule has 0 atom stereocenters. The maximum Gasteiger partial charge on any atom is 0.225 e. The Morgan fingerprint density at radius 3 is 2.36 bits per heavy atom. The van der Waals surface area contributed by atoms with Crippen LogP contribution in [-0.2, 0) is 6.54 Å². The van der Waals surface area contributed by atoms with Crippen LogP contribution >= 0.6 is 24.0 Å². The summed E-state index contributed by atoms with van der Waals surface area (Å²) in [6.07, 6.45) is 7.91. The van der Waals surface area contributed by atoms with Crippen LogP contribution in [0.3, 0.4) is 0 Å². The zero-order chi connectivity index (χ0) is 18.5. The van der Waals surface area contributed by atoms with Crippen LogP contribution in [0.4, 0.5) is 11.8 Å². The lowest BCUT2D eigenvalue weighted by Gasteiger charge is -2.35. The van der Waals surface area contributed by atoms with E-state index in [1.165, 1.54) is 12.8 Å². The van der Waals surface area contributed by atoms with E-state index in [-0.39, 0.29) is 24.0 Å². The Morgan fingerprint density at radius 2 is 1.64 bits per heavy atom. The van der Waals surface area contributed by atoms with Gasteiger partial charge in [-0.1, -0.05) is 0 Å². The van der Waals surface area contributed by atoms with E-state index >= 15 is 0 Å². The van der Waals surface area contributed by atoms with Crippen molar-refractivity contribution in [1.29, 1.82) is 0 Å². The Bertz CT molecular complexity index is 771. The molecule has 2 fully saturated rings. The van der Waals surface area contributed by atoms with Crippen LogP contribution in [0.5, 0.6) is 0 Å². The third-order valence-corrected chi connectivity index (χ3v) is 5.10. The molecule has 4 rings (SSSR count). The molecule has 0 saturated carbocycles. The third kappa shape index (κ3) is 5.00. The number of piperazine rings is 1. The number of guanidine groups is 1. The molecule has 0 bridgehead atoms. The highest BCUT2D eigenvalue weighted by Gasteiger charge is 2.20. The van der Waals surface area contributed by atoms with Gasteiger partial charge in [-0.15, -0.1) is 24.0 Å². The smallest absolute Gasteiger partial charge is 0.225 e. The number of nitrogens with zero attached hydrogens (tertiary/aromatic N) is 7. The minimum Gasteiger partial charge on any atom is -0.370 e. The molecule has 2 N–H and O–H groups in total. The average molecular weight is 494 g/mol. The van der Waals surface area contributed by atoms with Crippen molar-refractivity contribution in [1.82, 2.24) is 19.9 Å². The van der Waals surface area contributed by atoms with Gasteiger partial charge in [-0.25, -0.2) is 19.9 Å². The summed E-state index contributed by atoms with van der Waals surface area (Å²) in [6, 6.07) is 5.98. The Balaban J connectivity index is 0.00000225. The SMILES string of the molecule is I.NC(=NCc1ccnc(N2CCCC2)c1)N1CCN(c2ncccn2)CC1. The summed E-state index contributed by atoms with van der Waals surface area (Å²) in [4.78, 5) is 24.4. The standard InChI is InChI=1S/C19H26N8.HI/c20-18(26-10-12-27(13-11-26)19-22-5-3-6-23-19)24-15-16-4-7-21-17(14-16)25-8-1-2-9-25;/h3-7,14H,1-2,8-13,15H2,(H2,20,24);1H. The van der Waals surface area contributed by atoms with Gasteiger partial charge < -0.3 is 20.4 Å². The Hall–Kier alpha value is -2.17. The highest BCUT2D eigenvalue weighted by molar-refractivity contribution is 14.0. The second-order valence-corrected chi connectivity index (χ2v) is 6.91. The predicted octanol–water partition coefficient (Wildman–Crippen LogP) is 1.73. The number of halogens is 1. The van der Waals surface area contributed by atoms with Gasteiger partial charge in [0.05, 0.1) is 6.54 Å². The first-order chi connectivity index (χ1) is 13.3. The number of pyridine rings is 1. The second kappa shape index (κ2) is 9.85. The first-order valence-electron chi connectivity index (χ1n) is 9.56. The van der Waals surface area contributed by atoms with Crippen molar-refractivity contribution in [3.63, 3.8) is 0 Å². The van der Waals surface area contributed by atoms with Gasteiger partial charge in [-0.05, 0) is 36.6 Å². The van der Waals surface area contributed by atoms with Crippen LogP contribution in [0.15, 0.2) is 41.8 Å². The van der Waals surface area contributed by atoms with Crippen LogP contribution in [0.2, 0.25) is 0 Å². The maximum atomic E-state index is 6.24. The van der Waals surface area contributed by atoms with Crippen LogP contribution in [0.1, 0.15) is 18.4 Å². The van der Waals surface area contributed by atoms with Gasteiger partial charge >= 0.3 is 0 Å². The second-order valence-electron chi connectivity index (χ2n) is 6.91. The van der Waals surface area contributed by atoms with Gasteiger partial charge in [0, 0.05) is 57.9 Å². The fourth-order valence-corrected chi connectivity index (χ4v) is 3.54. The number of hydrogen-bond acceptors (Lipinski definition) is 6. The first-order valence-corrected chi connectivity index (χ1v) is 9.56. The first kappa shape index (κ1) is 20.6. The van der Waals surface area contributed by atoms with E-state index in [9.17, 15) is 0 Å². The van der Waals surface area contributed by atoms with Crippen LogP contribution in [0, 0.1) is 0 Å². The van der Waals surface area contributed by atoms with Gasteiger partial charge in [0.1, 0.15) is 5.82 Å². The number of aromatic nitrogens is 3. The quantitative estimate of drug-likeness (QED) is 0.394. The molecule has 0 unspecified atom stereocenters. The highest BCUT2D eigenvalue weighted by atomic mass is 127. The molecule has 2 aliphatic rings. The highest BCUT2D eigenvalue weighted by Crippen LogP contribution is 2.19. The Kier molecular flexibility index (Phi) is 7.24. The summed E-state index contributed by atoms with van der Waals surface area (Å²) in [6.45, 7) is 6.10. The summed E-state index contributed by atoms with van der Waals surface area (Å²) in [5.74, 6) is 2.43. The van der Waals surface area contributed by atoms with Crippen molar-refractivity contribution in [2.45, 2.75) is 19.4 Å². The topological polar surface area (TPSA) is 86.8 Å². The molecule has 2 aromatic heterocycles.